The van der Waals surface area contributed by atoms with Gasteiger partial charge in [0.25, 0.3) is 0 Å². The lowest BCUT2D eigenvalue weighted by molar-refractivity contribution is -0.147. The summed E-state index contributed by atoms with van der Waals surface area (Å²) in [6, 6.07) is -0.638. The number of carbonyl (C=O) groups excluding carboxylic acids is 2. The highest BCUT2D eigenvalue weighted by atomic mass is 32.2. The fourth-order valence-corrected chi connectivity index (χ4v) is 3.29. The maximum atomic E-state index is 11.7. The van der Waals surface area contributed by atoms with E-state index in [9.17, 15) is 19.5 Å². The van der Waals surface area contributed by atoms with Gasteiger partial charge in [0, 0.05) is 12.7 Å². The van der Waals surface area contributed by atoms with Gasteiger partial charge in [0.2, 0.25) is 5.91 Å². The summed E-state index contributed by atoms with van der Waals surface area (Å²) in [4.78, 5) is 34.8. The number of hydrogen-bond donors (Lipinski definition) is 2. The highest BCUT2D eigenvalue weighted by Crippen LogP contribution is 2.39. The lowest BCUT2D eigenvalue weighted by atomic mass is 10.0. The summed E-state index contributed by atoms with van der Waals surface area (Å²) in [6.45, 7) is 1.35. The van der Waals surface area contributed by atoms with Gasteiger partial charge in [0.05, 0.1) is 0 Å². The predicted molar refractivity (Wildman–Crippen MR) is 71.5 cm³/mol. The largest absolute Gasteiger partial charge is 0.477 e. The van der Waals surface area contributed by atoms with Gasteiger partial charge in [-0.25, -0.2) is 4.79 Å². The smallest absolute Gasteiger partial charge is 0.352 e. The second kappa shape index (κ2) is 5.68. The monoisotopic (exact) mass is 298 g/mol. The number of carboxylic acids is 1. The van der Waals surface area contributed by atoms with Gasteiger partial charge >= 0.3 is 11.9 Å². The first kappa shape index (κ1) is 14.6. The lowest BCUT2D eigenvalue weighted by Gasteiger charge is -2.47. The average molecular weight is 298 g/mol. The van der Waals surface area contributed by atoms with Crippen LogP contribution in [-0.4, -0.2) is 51.6 Å². The van der Waals surface area contributed by atoms with E-state index in [0.29, 0.717) is 11.3 Å². The molecule has 108 valence electrons. The number of rotatable bonds is 4. The fraction of sp³-hybridized carbons (Fsp3) is 0.417. The molecule has 3 N–H and O–H groups in total. The van der Waals surface area contributed by atoms with Gasteiger partial charge in [0.15, 0.2) is 0 Å². The Hall–Kier alpha value is -1.80. The summed E-state index contributed by atoms with van der Waals surface area (Å²) in [7, 11) is 0. The van der Waals surface area contributed by atoms with E-state index in [1.165, 1.54) is 23.6 Å². The van der Waals surface area contributed by atoms with Crippen molar-refractivity contribution in [3.05, 3.63) is 23.4 Å². The number of nitrogens with two attached hydrogens (primary N) is 1. The van der Waals surface area contributed by atoms with Crippen LogP contribution in [0.5, 0.6) is 0 Å². The van der Waals surface area contributed by atoms with E-state index in [2.05, 4.69) is 0 Å². The minimum atomic E-state index is -1.16. The summed E-state index contributed by atoms with van der Waals surface area (Å²) < 4.78 is 4.73. The first-order valence-corrected chi connectivity index (χ1v) is 6.95. The van der Waals surface area contributed by atoms with Gasteiger partial charge in [-0.05, 0) is 11.6 Å². The van der Waals surface area contributed by atoms with Crippen LogP contribution < -0.4 is 5.73 Å². The van der Waals surface area contributed by atoms with Gasteiger partial charge in [-0.1, -0.05) is 6.08 Å². The van der Waals surface area contributed by atoms with Crippen molar-refractivity contribution in [2.75, 3.05) is 12.4 Å². The molecule has 0 aliphatic carbocycles. The van der Waals surface area contributed by atoms with Gasteiger partial charge in [-0.2, -0.15) is 0 Å². The molecular formula is C12H14N2O5S. The zero-order valence-electron chi connectivity index (χ0n) is 10.7. The number of allylic oxidation sites excluding steroid dienone is 1. The molecule has 0 aromatic rings. The predicted octanol–water partition coefficient (Wildman–Crippen LogP) is -0.313. The molecule has 7 nitrogen and oxygen atoms in total. The number of aliphatic carboxylic acids is 1. The Labute approximate surface area is 119 Å². The van der Waals surface area contributed by atoms with E-state index in [-0.39, 0.29) is 23.6 Å². The molecule has 2 atom stereocenters. The third-order valence-electron chi connectivity index (χ3n) is 2.94. The molecule has 1 amide bonds. The van der Waals surface area contributed by atoms with Crippen LogP contribution in [0, 0.1) is 0 Å². The number of β-lactam (4-membered cyclic amide) rings is 1. The SMILES string of the molecule is CC(=O)OC/C=C/C1=C(C(=O)O)N2C(=O)C(N)[C@@H]2SC1. The van der Waals surface area contributed by atoms with Crippen molar-refractivity contribution >= 4 is 29.6 Å². The molecule has 0 aromatic heterocycles. The van der Waals surface area contributed by atoms with Gasteiger partial charge in [-0.3, -0.25) is 14.5 Å². The van der Waals surface area contributed by atoms with E-state index >= 15 is 0 Å². The maximum absolute atomic E-state index is 11.7. The molecule has 1 fully saturated rings. The molecule has 0 saturated carbocycles. The molecule has 0 aromatic carbocycles. The maximum Gasteiger partial charge on any atom is 0.352 e. The zero-order valence-corrected chi connectivity index (χ0v) is 11.6. The van der Waals surface area contributed by atoms with Crippen LogP contribution in [0.2, 0.25) is 0 Å². The fourth-order valence-electron chi connectivity index (χ4n) is 2.02. The molecule has 1 unspecified atom stereocenters. The lowest BCUT2D eigenvalue weighted by Crippen LogP contribution is -2.68. The molecule has 0 radical (unpaired) electrons. The standard InChI is InChI=1S/C12H14N2O5S/c1-6(15)19-4-2-3-7-5-20-11-8(13)10(16)14(11)9(7)12(17)18/h2-3,8,11H,4-5,13H2,1H3,(H,17,18)/b3-2+/t8?,11-/m0/s1. The Kier molecular flexibility index (Phi) is 4.15. The molecular weight excluding hydrogens is 284 g/mol. The quantitative estimate of drug-likeness (QED) is 0.541. The highest BCUT2D eigenvalue weighted by Gasteiger charge is 2.51. The topological polar surface area (TPSA) is 110 Å². The van der Waals surface area contributed by atoms with Crippen molar-refractivity contribution in [1.82, 2.24) is 4.90 Å². The third-order valence-corrected chi connectivity index (χ3v) is 4.27. The van der Waals surface area contributed by atoms with Crippen LogP contribution >= 0.6 is 11.8 Å². The number of hydrogen-bond acceptors (Lipinski definition) is 6. The number of thioether (sulfide) groups is 1. The number of esters is 1. The van der Waals surface area contributed by atoms with E-state index in [1.54, 1.807) is 12.2 Å². The Bertz CT molecular complexity index is 528. The minimum absolute atomic E-state index is 0.0421. The number of ether oxygens (including phenoxy) is 1. The number of carboxylic acid groups (broad SMARTS) is 1. The van der Waals surface area contributed by atoms with Gasteiger partial charge in [-0.15, -0.1) is 11.8 Å². The normalized spacial score (nSPS) is 25.5. The Morgan fingerprint density at radius 3 is 2.90 bits per heavy atom. The Balaban J connectivity index is 2.18. The number of carbonyl (C=O) groups is 3. The second-order valence-electron chi connectivity index (χ2n) is 4.32. The van der Waals surface area contributed by atoms with Gasteiger partial charge in [0.1, 0.15) is 23.7 Å². The molecule has 2 aliphatic heterocycles. The number of fused-ring (bicyclic) bond motifs is 1. The van der Waals surface area contributed by atoms with Crippen LogP contribution in [0.1, 0.15) is 6.92 Å². The van der Waals surface area contributed by atoms with Crippen LogP contribution in [-0.2, 0) is 19.1 Å². The molecule has 2 aliphatic rings. The van der Waals surface area contributed by atoms with Crippen molar-refractivity contribution in [3.63, 3.8) is 0 Å². The third kappa shape index (κ3) is 2.56. The molecule has 20 heavy (non-hydrogen) atoms. The van der Waals surface area contributed by atoms with Crippen molar-refractivity contribution in [3.8, 4) is 0 Å². The molecule has 8 heteroatoms. The zero-order chi connectivity index (χ0) is 14.9. The van der Waals surface area contributed by atoms with E-state index in [1.807, 2.05) is 0 Å². The molecule has 2 rings (SSSR count). The Morgan fingerprint density at radius 1 is 1.60 bits per heavy atom. The first-order chi connectivity index (χ1) is 9.43. The summed E-state index contributed by atoms with van der Waals surface area (Å²) >= 11 is 1.42. The van der Waals surface area contributed by atoms with Crippen LogP contribution in [0.15, 0.2) is 23.4 Å². The van der Waals surface area contributed by atoms with Gasteiger partial charge < -0.3 is 15.6 Å². The average Bonchev–Trinajstić information content (AvgIpc) is 2.41. The highest BCUT2D eigenvalue weighted by molar-refractivity contribution is 8.00. The first-order valence-electron chi connectivity index (χ1n) is 5.90. The second-order valence-corrected chi connectivity index (χ2v) is 5.42. The van der Waals surface area contributed by atoms with Crippen molar-refractivity contribution in [2.45, 2.75) is 18.3 Å². The van der Waals surface area contributed by atoms with E-state index < -0.39 is 18.0 Å². The summed E-state index contributed by atoms with van der Waals surface area (Å²) in [5, 5.41) is 8.95. The van der Waals surface area contributed by atoms with Crippen molar-refractivity contribution < 1.29 is 24.2 Å². The molecule has 0 spiro atoms. The van der Waals surface area contributed by atoms with Crippen molar-refractivity contribution in [1.29, 1.82) is 0 Å². The van der Waals surface area contributed by atoms with Crippen LogP contribution in [0.3, 0.4) is 0 Å². The number of amides is 1. The summed E-state index contributed by atoms with van der Waals surface area (Å²) in [5.74, 6) is -1.52. The minimum Gasteiger partial charge on any atom is -0.477 e. The summed E-state index contributed by atoms with van der Waals surface area (Å²) in [6.07, 6.45) is 3.11. The van der Waals surface area contributed by atoms with Crippen molar-refractivity contribution in [2.24, 2.45) is 5.73 Å². The summed E-state index contributed by atoms with van der Waals surface area (Å²) in [5.41, 5.74) is 6.10. The van der Waals surface area contributed by atoms with E-state index in [4.69, 9.17) is 10.5 Å². The Morgan fingerprint density at radius 2 is 2.30 bits per heavy atom. The van der Waals surface area contributed by atoms with Crippen LogP contribution in [0.25, 0.3) is 0 Å². The molecule has 1 saturated heterocycles. The molecule has 2 heterocycles. The van der Waals surface area contributed by atoms with E-state index in [0.717, 1.165) is 0 Å². The van der Waals surface area contributed by atoms with Crippen LogP contribution in [0.4, 0.5) is 0 Å². The molecule has 0 bridgehead atoms. The number of nitrogens with zero attached hydrogens (tertiary/aromatic N) is 1.